The summed E-state index contributed by atoms with van der Waals surface area (Å²) < 4.78 is 5.13. The molecule has 0 aliphatic heterocycles. The van der Waals surface area contributed by atoms with Gasteiger partial charge in [0.25, 0.3) is 5.91 Å². The molecule has 1 aliphatic carbocycles. The van der Waals surface area contributed by atoms with Gasteiger partial charge < -0.3 is 10.1 Å². The Labute approximate surface area is 116 Å². The molecule has 1 amide bonds. The SMILES string of the molecule is COc1cccc(C(=O)NC2CCCCC2Br)c1. The Morgan fingerprint density at radius 3 is 2.89 bits per heavy atom. The molecule has 1 N–H and O–H groups in total. The van der Waals surface area contributed by atoms with E-state index < -0.39 is 0 Å². The molecule has 0 radical (unpaired) electrons. The number of ether oxygens (including phenoxy) is 1. The minimum atomic E-state index is -0.0229. The van der Waals surface area contributed by atoms with E-state index in [9.17, 15) is 4.79 Å². The topological polar surface area (TPSA) is 38.3 Å². The van der Waals surface area contributed by atoms with Crippen LogP contribution in [0.15, 0.2) is 24.3 Å². The fraction of sp³-hybridized carbons (Fsp3) is 0.500. The monoisotopic (exact) mass is 311 g/mol. The number of hydrogen-bond acceptors (Lipinski definition) is 2. The summed E-state index contributed by atoms with van der Waals surface area (Å²) in [5.41, 5.74) is 0.652. The van der Waals surface area contributed by atoms with Crippen molar-refractivity contribution < 1.29 is 9.53 Å². The van der Waals surface area contributed by atoms with E-state index in [1.54, 1.807) is 13.2 Å². The van der Waals surface area contributed by atoms with Crippen molar-refractivity contribution in [3.8, 4) is 5.75 Å². The highest BCUT2D eigenvalue weighted by Crippen LogP contribution is 2.25. The van der Waals surface area contributed by atoms with Gasteiger partial charge in [-0.25, -0.2) is 0 Å². The summed E-state index contributed by atoms with van der Waals surface area (Å²) in [5.74, 6) is 0.687. The molecule has 4 heteroatoms. The number of alkyl halides is 1. The first-order chi connectivity index (χ1) is 8.70. The second-order valence-corrected chi connectivity index (χ2v) is 5.79. The lowest BCUT2D eigenvalue weighted by Crippen LogP contribution is -2.42. The fourth-order valence-corrected chi connectivity index (χ4v) is 2.98. The molecule has 1 aromatic rings. The Bertz CT molecular complexity index is 422. The first kappa shape index (κ1) is 13.4. The molecule has 0 saturated heterocycles. The van der Waals surface area contributed by atoms with Crippen molar-refractivity contribution in [2.75, 3.05) is 7.11 Å². The van der Waals surface area contributed by atoms with E-state index in [0.29, 0.717) is 16.1 Å². The molecule has 0 aromatic heterocycles. The van der Waals surface area contributed by atoms with Gasteiger partial charge in [-0.15, -0.1) is 0 Å². The number of nitrogens with one attached hydrogen (secondary N) is 1. The Morgan fingerprint density at radius 2 is 2.17 bits per heavy atom. The summed E-state index contributed by atoms with van der Waals surface area (Å²) in [5, 5.41) is 3.09. The van der Waals surface area contributed by atoms with Crippen LogP contribution in [0.1, 0.15) is 36.0 Å². The molecule has 2 atom stereocenters. The lowest BCUT2D eigenvalue weighted by molar-refractivity contribution is 0.0929. The van der Waals surface area contributed by atoms with Crippen LogP contribution in [0.4, 0.5) is 0 Å². The van der Waals surface area contributed by atoms with Crippen molar-refractivity contribution in [3.05, 3.63) is 29.8 Å². The maximum Gasteiger partial charge on any atom is 0.251 e. The smallest absolute Gasteiger partial charge is 0.251 e. The van der Waals surface area contributed by atoms with Gasteiger partial charge in [0.2, 0.25) is 0 Å². The normalized spacial score (nSPS) is 23.4. The Balaban J connectivity index is 2.02. The largest absolute Gasteiger partial charge is 0.497 e. The van der Waals surface area contributed by atoms with Gasteiger partial charge in [0.1, 0.15) is 5.75 Å². The minimum Gasteiger partial charge on any atom is -0.497 e. The molecule has 98 valence electrons. The summed E-state index contributed by atoms with van der Waals surface area (Å²) in [6.07, 6.45) is 4.60. The van der Waals surface area contributed by atoms with Gasteiger partial charge in [-0.2, -0.15) is 0 Å². The zero-order valence-corrected chi connectivity index (χ0v) is 12.1. The molecule has 0 bridgehead atoms. The number of carbonyl (C=O) groups is 1. The van der Waals surface area contributed by atoms with E-state index >= 15 is 0 Å². The first-order valence-corrected chi connectivity index (χ1v) is 7.21. The van der Waals surface area contributed by atoms with E-state index in [4.69, 9.17) is 4.74 Å². The van der Waals surface area contributed by atoms with Crippen LogP contribution in [0.25, 0.3) is 0 Å². The Hall–Kier alpha value is -1.03. The average Bonchev–Trinajstić information content (AvgIpc) is 2.41. The highest BCUT2D eigenvalue weighted by atomic mass is 79.9. The molecular weight excluding hydrogens is 294 g/mol. The van der Waals surface area contributed by atoms with E-state index in [-0.39, 0.29) is 11.9 Å². The van der Waals surface area contributed by atoms with Crippen LogP contribution in [0.2, 0.25) is 0 Å². The molecule has 2 unspecified atom stereocenters. The minimum absolute atomic E-state index is 0.0229. The number of rotatable bonds is 3. The third kappa shape index (κ3) is 3.25. The van der Waals surface area contributed by atoms with Crippen molar-refractivity contribution in [2.45, 2.75) is 36.6 Å². The number of halogens is 1. The third-order valence-corrected chi connectivity index (χ3v) is 4.43. The zero-order chi connectivity index (χ0) is 13.0. The van der Waals surface area contributed by atoms with Crippen molar-refractivity contribution in [1.82, 2.24) is 5.32 Å². The second kappa shape index (κ2) is 6.23. The van der Waals surface area contributed by atoms with Crippen molar-refractivity contribution >= 4 is 21.8 Å². The van der Waals surface area contributed by atoms with Crippen LogP contribution in [-0.4, -0.2) is 23.9 Å². The summed E-state index contributed by atoms with van der Waals surface area (Å²) >= 11 is 3.64. The van der Waals surface area contributed by atoms with Gasteiger partial charge in [0, 0.05) is 16.4 Å². The number of methoxy groups -OCH3 is 1. The summed E-state index contributed by atoms with van der Waals surface area (Å²) in [4.78, 5) is 12.5. The summed E-state index contributed by atoms with van der Waals surface area (Å²) in [6, 6.07) is 7.48. The van der Waals surface area contributed by atoms with Crippen LogP contribution in [0, 0.1) is 0 Å². The quantitative estimate of drug-likeness (QED) is 0.871. The van der Waals surface area contributed by atoms with Crippen LogP contribution < -0.4 is 10.1 Å². The Kier molecular flexibility index (Phi) is 4.64. The molecule has 1 saturated carbocycles. The van der Waals surface area contributed by atoms with E-state index in [1.165, 1.54) is 12.8 Å². The van der Waals surface area contributed by atoms with Crippen molar-refractivity contribution in [1.29, 1.82) is 0 Å². The van der Waals surface area contributed by atoms with Gasteiger partial charge in [-0.3, -0.25) is 4.79 Å². The van der Waals surface area contributed by atoms with Gasteiger partial charge in [-0.05, 0) is 31.0 Å². The standard InChI is InChI=1S/C14H18BrNO2/c1-18-11-6-4-5-10(9-11)14(17)16-13-8-3-2-7-12(13)15/h4-6,9,12-13H,2-3,7-8H2,1H3,(H,16,17). The highest BCUT2D eigenvalue weighted by Gasteiger charge is 2.24. The number of amides is 1. The summed E-state index contributed by atoms with van der Waals surface area (Å²) in [6.45, 7) is 0. The second-order valence-electron chi connectivity index (χ2n) is 4.61. The first-order valence-electron chi connectivity index (χ1n) is 6.29. The van der Waals surface area contributed by atoms with Crippen LogP contribution in [-0.2, 0) is 0 Å². The van der Waals surface area contributed by atoms with Crippen molar-refractivity contribution in [2.24, 2.45) is 0 Å². The van der Waals surface area contributed by atoms with E-state index in [1.807, 2.05) is 18.2 Å². The van der Waals surface area contributed by atoms with E-state index in [2.05, 4.69) is 21.2 Å². The van der Waals surface area contributed by atoms with Gasteiger partial charge >= 0.3 is 0 Å². The number of carbonyl (C=O) groups excluding carboxylic acids is 1. The van der Waals surface area contributed by atoms with Crippen LogP contribution >= 0.6 is 15.9 Å². The Morgan fingerprint density at radius 1 is 1.39 bits per heavy atom. The average molecular weight is 312 g/mol. The molecule has 2 rings (SSSR count). The van der Waals surface area contributed by atoms with Gasteiger partial charge in [0.15, 0.2) is 0 Å². The number of hydrogen-bond donors (Lipinski definition) is 1. The summed E-state index contributed by atoms with van der Waals surface area (Å²) in [7, 11) is 1.60. The fourth-order valence-electron chi connectivity index (χ4n) is 2.26. The molecule has 1 aliphatic rings. The van der Waals surface area contributed by atoms with Crippen LogP contribution in [0.3, 0.4) is 0 Å². The molecule has 3 nitrogen and oxygen atoms in total. The molecule has 1 aromatic carbocycles. The molecule has 0 heterocycles. The third-order valence-electron chi connectivity index (χ3n) is 3.33. The molecule has 1 fully saturated rings. The maximum absolute atomic E-state index is 12.1. The van der Waals surface area contributed by atoms with E-state index in [0.717, 1.165) is 12.8 Å². The van der Waals surface area contributed by atoms with Gasteiger partial charge in [0.05, 0.1) is 7.11 Å². The van der Waals surface area contributed by atoms with Gasteiger partial charge in [-0.1, -0.05) is 34.8 Å². The van der Waals surface area contributed by atoms with Crippen LogP contribution in [0.5, 0.6) is 5.75 Å². The molecular formula is C14H18BrNO2. The molecule has 0 spiro atoms. The zero-order valence-electron chi connectivity index (χ0n) is 10.5. The highest BCUT2D eigenvalue weighted by molar-refractivity contribution is 9.09. The predicted molar refractivity (Wildman–Crippen MR) is 75.4 cm³/mol. The van der Waals surface area contributed by atoms with Crippen molar-refractivity contribution in [3.63, 3.8) is 0 Å². The maximum atomic E-state index is 12.1. The lowest BCUT2D eigenvalue weighted by Gasteiger charge is -2.28. The predicted octanol–water partition coefficient (Wildman–Crippen LogP) is 3.13. The molecule has 18 heavy (non-hydrogen) atoms. The lowest BCUT2D eigenvalue weighted by atomic mass is 9.95. The number of benzene rings is 1.